The van der Waals surface area contributed by atoms with E-state index in [1.807, 2.05) is 5.57 Å². The molecule has 3 rings (SSSR count). The molecular formula is C26H46. The van der Waals surface area contributed by atoms with Crippen molar-refractivity contribution in [3.63, 3.8) is 0 Å². The highest BCUT2D eigenvalue weighted by atomic mass is 14.4. The minimum Gasteiger partial charge on any atom is -0.0848 e. The summed E-state index contributed by atoms with van der Waals surface area (Å²) in [4.78, 5) is 0. The predicted octanol–water partition coefficient (Wildman–Crippen LogP) is 8.71. The molecule has 26 heavy (non-hydrogen) atoms. The summed E-state index contributed by atoms with van der Waals surface area (Å²) in [5.74, 6) is 5.23. The third-order valence-electron chi connectivity index (χ3n) is 8.32. The molecule has 0 radical (unpaired) electrons. The maximum absolute atomic E-state index is 2.68. The van der Waals surface area contributed by atoms with Gasteiger partial charge in [0.15, 0.2) is 0 Å². The Morgan fingerprint density at radius 1 is 0.692 bits per heavy atom. The van der Waals surface area contributed by atoms with Crippen molar-refractivity contribution >= 4 is 0 Å². The van der Waals surface area contributed by atoms with E-state index in [9.17, 15) is 0 Å². The smallest absolute Gasteiger partial charge is 0.0203 e. The minimum absolute atomic E-state index is 0.971. The molecule has 1 atom stereocenters. The molecule has 0 bridgehead atoms. The van der Waals surface area contributed by atoms with E-state index >= 15 is 0 Å². The van der Waals surface area contributed by atoms with Crippen LogP contribution >= 0.6 is 0 Å². The molecule has 0 aliphatic heterocycles. The van der Waals surface area contributed by atoms with Crippen molar-refractivity contribution in [2.24, 2.45) is 29.6 Å². The lowest BCUT2D eigenvalue weighted by Gasteiger charge is -2.39. The SMILES string of the molecule is CCCCC[C@H]1CC[C@H]([C@H]2CC[C@H](C3=CCC(CCC)CC3)CC2)CC1. The van der Waals surface area contributed by atoms with Gasteiger partial charge in [-0.15, -0.1) is 0 Å². The highest BCUT2D eigenvalue weighted by Crippen LogP contribution is 2.45. The Morgan fingerprint density at radius 3 is 1.96 bits per heavy atom. The van der Waals surface area contributed by atoms with E-state index in [2.05, 4.69) is 19.9 Å². The zero-order valence-electron chi connectivity index (χ0n) is 18.0. The average molecular weight is 359 g/mol. The first-order valence-electron chi connectivity index (χ1n) is 12.5. The van der Waals surface area contributed by atoms with Crippen molar-refractivity contribution in [3.8, 4) is 0 Å². The number of allylic oxidation sites excluding steroid dienone is 2. The zero-order chi connectivity index (χ0) is 18.2. The van der Waals surface area contributed by atoms with Crippen LogP contribution in [0, 0.1) is 29.6 Å². The fourth-order valence-corrected chi connectivity index (χ4v) is 6.54. The fraction of sp³-hybridized carbons (Fsp3) is 0.923. The molecule has 3 aliphatic carbocycles. The van der Waals surface area contributed by atoms with Gasteiger partial charge in [0.05, 0.1) is 0 Å². The first kappa shape index (κ1) is 20.5. The molecule has 0 amide bonds. The maximum Gasteiger partial charge on any atom is -0.0203 e. The number of rotatable bonds is 8. The minimum atomic E-state index is 0.971. The van der Waals surface area contributed by atoms with E-state index in [4.69, 9.17) is 0 Å². The number of hydrogen-bond acceptors (Lipinski definition) is 0. The molecule has 0 spiro atoms. The van der Waals surface area contributed by atoms with Crippen LogP contribution in [-0.4, -0.2) is 0 Å². The van der Waals surface area contributed by atoms with Gasteiger partial charge in [0.25, 0.3) is 0 Å². The van der Waals surface area contributed by atoms with E-state index in [0.29, 0.717) is 0 Å². The van der Waals surface area contributed by atoms with Crippen molar-refractivity contribution in [3.05, 3.63) is 11.6 Å². The first-order valence-corrected chi connectivity index (χ1v) is 12.5. The van der Waals surface area contributed by atoms with E-state index in [0.717, 1.165) is 29.6 Å². The quantitative estimate of drug-likeness (QED) is 0.300. The van der Waals surface area contributed by atoms with E-state index in [-0.39, 0.29) is 0 Å². The molecule has 0 N–H and O–H groups in total. The second kappa shape index (κ2) is 10.9. The van der Waals surface area contributed by atoms with Crippen LogP contribution in [0.5, 0.6) is 0 Å². The van der Waals surface area contributed by atoms with E-state index in [1.54, 1.807) is 38.5 Å². The van der Waals surface area contributed by atoms with Crippen molar-refractivity contribution in [1.29, 1.82) is 0 Å². The number of unbranched alkanes of at least 4 members (excludes halogenated alkanes) is 2. The van der Waals surface area contributed by atoms with Gasteiger partial charge in [-0.25, -0.2) is 0 Å². The Kier molecular flexibility index (Phi) is 8.60. The topological polar surface area (TPSA) is 0 Å². The molecule has 0 nitrogen and oxygen atoms in total. The van der Waals surface area contributed by atoms with Crippen LogP contribution in [0.3, 0.4) is 0 Å². The van der Waals surface area contributed by atoms with Crippen molar-refractivity contribution in [1.82, 2.24) is 0 Å². The van der Waals surface area contributed by atoms with Crippen LogP contribution < -0.4 is 0 Å². The summed E-state index contributed by atoms with van der Waals surface area (Å²) in [7, 11) is 0. The molecule has 3 aliphatic rings. The third kappa shape index (κ3) is 5.87. The molecule has 0 heteroatoms. The molecule has 0 aromatic rings. The van der Waals surface area contributed by atoms with Gasteiger partial charge in [0, 0.05) is 0 Å². The van der Waals surface area contributed by atoms with Crippen molar-refractivity contribution in [2.45, 2.75) is 123 Å². The first-order chi connectivity index (χ1) is 12.8. The largest absolute Gasteiger partial charge is 0.0848 e. The normalized spacial score (nSPS) is 35.9. The van der Waals surface area contributed by atoms with Crippen LogP contribution in [0.25, 0.3) is 0 Å². The van der Waals surface area contributed by atoms with Gasteiger partial charge < -0.3 is 0 Å². The Morgan fingerprint density at radius 2 is 1.38 bits per heavy atom. The third-order valence-corrected chi connectivity index (χ3v) is 8.32. The van der Waals surface area contributed by atoms with Crippen LogP contribution in [0.2, 0.25) is 0 Å². The summed E-state index contributed by atoms with van der Waals surface area (Å²) < 4.78 is 0. The lowest BCUT2D eigenvalue weighted by atomic mass is 9.67. The summed E-state index contributed by atoms with van der Waals surface area (Å²) in [5.41, 5.74) is 1.87. The summed E-state index contributed by atoms with van der Waals surface area (Å²) in [6.07, 6.45) is 28.0. The highest BCUT2D eigenvalue weighted by Gasteiger charge is 2.32. The van der Waals surface area contributed by atoms with Gasteiger partial charge in [-0.3, -0.25) is 0 Å². The van der Waals surface area contributed by atoms with Crippen LogP contribution in [0.1, 0.15) is 123 Å². The standard InChI is InChI=1S/C26H46/c1-3-5-6-8-22-11-15-24(16-12-22)26-19-17-25(18-20-26)23-13-9-21(7-4-2)10-14-23/h13,21-22,24-26H,3-12,14-20H2,1-2H3/t21?,22-,24-,25-,26-. The average Bonchev–Trinajstić information content (AvgIpc) is 2.70. The van der Waals surface area contributed by atoms with Crippen LogP contribution in [0.4, 0.5) is 0 Å². The Bertz CT molecular complexity index is 404. The van der Waals surface area contributed by atoms with Gasteiger partial charge in [-0.2, -0.15) is 0 Å². The lowest BCUT2D eigenvalue weighted by Crippen LogP contribution is -2.26. The molecular weight excluding hydrogens is 312 g/mol. The van der Waals surface area contributed by atoms with Crippen LogP contribution in [0.15, 0.2) is 11.6 Å². The highest BCUT2D eigenvalue weighted by molar-refractivity contribution is 5.11. The van der Waals surface area contributed by atoms with Gasteiger partial charge in [0.2, 0.25) is 0 Å². The lowest BCUT2D eigenvalue weighted by molar-refractivity contribution is 0.148. The molecule has 0 aromatic carbocycles. The Hall–Kier alpha value is -0.260. The van der Waals surface area contributed by atoms with Gasteiger partial charge in [-0.1, -0.05) is 76.9 Å². The summed E-state index contributed by atoms with van der Waals surface area (Å²) in [6.45, 7) is 4.68. The molecule has 2 saturated carbocycles. The van der Waals surface area contributed by atoms with E-state index in [1.165, 1.54) is 70.6 Å². The number of hydrogen-bond donors (Lipinski definition) is 0. The van der Waals surface area contributed by atoms with Crippen molar-refractivity contribution in [2.75, 3.05) is 0 Å². The van der Waals surface area contributed by atoms with Gasteiger partial charge in [0.1, 0.15) is 0 Å². The van der Waals surface area contributed by atoms with Gasteiger partial charge >= 0.3 is 0 Å². The molecule has 0 saturated heterocycles. The Balaban J connectivity index is 1.35. The molecule has 1 unspecified atom stereocenters. The predicted molar refractivity (Wildman–Crippen MR) is 115 cm³/mol. The second-order valence-electron chi connectivity index (χ2n) is 10.1. The monoisotopic (exact) mass is 358 g/mol. The fourth-order valence-electron chi connectivity index (χ4n) is 6.54. The van der Waals surface area contributed by atoms with Crippen molar-refractivity contribution < 1.29 is 0 Å². The Labute approximate surface area is 164 Å². The summed E-state index contributed by atoms with van der Waals surface area (Å²) in [6, 6.07) is 0. The molecule has 150 valence electrons. The molecule has 0 aromatic heterocycles. The zero-order valence-corrected chi connectivity index (χ0v) is 18.0. The van der Waals surface area contributed by atoms with Gasteiger partial charge in [-0.05, 0) is 87.4 Å². The molecule has 2 fully saturated rings. The summed E-state index contributed by atoms with van der Waals surface area (Å²) >= 11 is 0. The summed E-state index contributed by atoms with van der Waals surface area (Å²) in [5, 5.41) is 0. The molecule has 0 heterocycles. The van der Waals surface area contributed by atoms with Crippen LogP contribution in [-0.2, 0) is 0 Å². The maximum atomic E-state index is 2.68. The second-order valence-corrected chi connectivity index (χ2v) is 10.1. The van der Waals surface area contributed by atoms with E-state index < -0.39 is 0 Å².